The summed E-state index contributed by atoms with van der Waals surface area (Å²) in [5, 5.41) is 8.20. The number of nitrogens with one attached hydrogen (secondary N) is 2. The van der Waals surface area contributed by atoms with E-state index < -0.39 is 0 Å². The summed E-state index contributed by atoms with van der Waals surface area (Å²) in [6.07, 6.45) is 3.25. The maximum absolute atomic E-state index is 7.04. The van der Waals surface area contributed by atoms with Crippen molar-refractivity contribution < 1.29 is 0 Å². The summed E-state index contributed by atoms with van der Waals surface area (Å²) in [6.45, 7) is 0. The Morgan fingerprint density at radius 1 is 1.27 bits per heavy atom. The van der Waals surface area contributed by atoms with Crippen molar-refractivity contribution in [3.05, 3.63) is 36.0 Å². The molecule has 2 rings (SSSR count). The normalized spacial score (nSPS) is 10.2. The number of hydrogen-bond acceptors (Lipinski definition) is 1. The second-order valence-corrected chi connectivity index (χ2v) is 2.47. The molecule has 0 bridgehead atoms. The zero-order valence-corrected chi connectivity index (χ0v) is 5.96. The van der Waals surface area contributed by atoms with Crippen LogP contribution >= 0.6 is 0 Å². The Kier molecular flexibility index (Phi) is 1.25. The quantitative estimate of drug-likeness (QED) is 0.576. The van der Waals surface area contributed by atoms with Gasteiger partial charge in [0.2, 0.25) is 0 Å². The molecule has 0 spiro atoms. The summed E-state index contributed by atoms with van der Waals surface area (Å²) < 4.78 is 0. The minimum Gasteiger partial charge on any atom is -0.361 e. The van der Waals surface area contributed by atoms with E-state index in [4.69, 9.17) is 5.41 Å². The molecule has 0 fully saturated rings. The maximum Gasteiger partial charge on any atom is 0.0454 e. The second-order valence-electron chi connectivity index (χ2n) is 2.47. The molecule has 0 amide bonds. The van der Waals surface area contributed by atoms with Crippen LogP contribution < -0.4 is 0 Å². The maximum atomic E-state index is 7.04. The fourth-order valence-corrected chi connectivity index (χ4v) is 1.16. The topological polar surface area (TPSA) is 39.6 Å². The van der Waals surface area contributed by atoms with Crippen LogP contribution in [0, 0.1) is 5.41 Å². The Morgan fingerprint density at radius 3 is 3.00 bits per heavy atom. The first-order chi connectivity index (χ1) is 5.40. The number of aromatic amines is 1. The Labute approximate surface area is 64.4 Å². The third-order valence-electron chi connectivity index (χ3n) is 1.74. The summed E-state index contributed by atoms with van der Waals surface area (Å²) in [4.78, 5) is 3.10. The van der Waals surface area contributed by atoms with E-state index in [-0.39, 0.29) is 0 Å². The molecule has 2 nitrogen and oxygen atoms in total. The van der Waals surface area contributed by atoms with Gasteiger partial charge in [-0.1, -0.05) is 6.07 Å². The van der Waals surface area contributed by atoms with E-state index in [1.165, 1.54) is 6.21 Å². The fourth-order valence-electron chi connectivity index (χ4n) is 1.16. The van der Waals surface area contributed by atoms with E-state index in [1.54, 1.807) is 0 Å². The van der Waals surface area contributed by atoms with Gasteiger partial charge in [0, 0.05) is 17.9 Å². The molecule has 0 atom stereocenters. The smallest absolute Gasteiger partial charge is 0.0454 e. The zero-order chi connectivity index (χ0) is 7.68. The molecule has 1 aromatic heterocycles. The number of fused-ring (bicyclic) bond motifs is 1. The van der Waals surface area contributed by atoms with Crippen molar-refractivity contribution in [2.45, 2.75) is 0 Å². The van der Waals surface area contributed by atoms with Gasteiger partial charge in [-0.3, -0.25) is 0 Å². The molecule has 2 heteroatoms. The van der Waals surface area contributed by atoms with E-state index in [0.29, 0.717) is 0 Å². The Bertz CT molecular complexity index is 387. The fraction of sp³-hybridized carbons (Fsp3) is 0. The lowest BCUT2D eigenvalue weighted by Crippen LogP contribution is -1.76. The van der Waals surface area contributed by atoms with Crippen LogP contribution in [0.1, 0.15) is 5.56 Å². The average molecular weight is 144 g/mol. The molecule has 54 valence electrons. The van der Waals surface area contributed by atoms with Crippen molar-refractivity contribution >= 4 is 17.1 Å². The van der Waals surface area contributed by atoms with Crippen molar-refractivity contribution in [1.29, 1.82) is 5.41 Å². The van der Waals surface area contributed by atoms with Crippen molar-refractivity contribution in [3.63, 3.8) is 0 Å². The standard InChI is InChI=1S/C9H8N2/c10-6-7-1-2-9-8(5-7)3-4-11-9/h1-6,10-11H. The first kappa shape index (κ1) is 6.16. The molecule has 0 saturated heterocycles. The second kappa shape index (κ2) is 2.23. The highest BCUT2D eigenvalue weighted by Crippen LogP contribution is 2.12. The van der Waals surface area contributed by atoms with Crippen molar-refractivity contribution in [2.24, 2.45) is 0 Å². The van der Waals surface area contributed by atoms with Crippen LogP contribution in [0.25, 0.3) is 10.9 Å². The predicted molar refractivity (Wildman–Crippen MR) is 46.2 cm³/mol. The van der Waals surface area contributed by atoms with Crippen LogP contribution in [-0.2, 0) is 0 Å². The molecule has 0 aliphatic carbocycles. The van der Waals surface area contributed by atoms with Gasteiger partial charge in [0.25, 0.3) is 0 Å². The van der Waals surface area contributed by atoms with Crippen LogP contribution in [0.15, 0.2) is 30.5 Å². The van der Waals surface area contributed by atoms with Gasteiger partial charge >= 0.3 is 0 Å². The zero-order valence-electron chi connectivity index (χ0n) is 5.96. The molecule has 0 radical (unpaired) electrons. The number of aromatic nitrogens is 1. The largest absolute Gasteiger partial charge is 0.361 e. The lowest BCUT2D eigenvalue weighted by molar-refractivity contribution is 1.47. The molecule has 11 heavy (non-hydrogen) atoms. The first-order valence-electron chi connectivity index (χ1n) is 3.48. The van der Waals surface area contributed by atoms with E-state index in [0.717, 1.165) is 16.5 Å². The van der Waals surface area contributed by atoms with Crippen LogP contribution in [0.2, 0.25) is 0 Å². The van der Waals surface area contributed by atoms with Gasteiger partial charge in [-0.15, -0.1) is 0 Å². The molecule has 2 aromatic rings. The van der Waals surface area contributed by atoms with Gasteiger partial charge in [0.1, 0.15) is 0 Å². The summed E-state index contributed by atoms with van der Waals surface area (Å²) in [5.41, 5.74) is 2.06. The number of H-pyrrole nitrogens is 1. The number of hydrogen-bond donors (Lipinski definition) is 2. The highest BCUT2D eigenvalue weighted by Gasteiger charge is 1.92. The van der Waals surface area contributed by atoms with Crippen LogP contribution in [0.5, 0.6) is 0 Å². The summed E-state index contributed by atoms with van der Waals surface area (Å²) in [6, 6.07) is 7.89. The van der Waals surface area contributed by atoms with E-state index in [9.17, 15) is 0 Å². The Balaban J connectivity index is 2.76. The van der Waals surface area contributed by atoms with Gasteiger partial charge in [0.15, 0.2) is 0 Å². The van der Waals surface area contributed by atoms with Gasteiger partial charge < -0.3 is 10.4 Å². The number of rotatable bonds is 1. The summed E-state index contributed by atoms with van der Waals surface area (Å²) in [7, 11) is 0. The highest BCUT2D eigenvalue weighted by molar-refractivity contribution is 5.87. The molecule has 0 saturated carbocycles. The van der Waals surface area contributed by atoms with Gasteiger partial charge in [-0.2, -0.15) is 0 Å². The Morgan fingerprint density at radius 2 is 2.18 bits per heavy atom. The van der Waals surface area contributed by atoms with E-state index in [1.807, 2.05) is 30.5 Å². The lowest BCUT2D eigenvalue weighted by atomic mass is 10.2. The average Bonchev–Trinajstić information content (AvgIpc) is 2.50. The summed E-state index contributed by atoms with van der Waals surface area (Å²) >= 11 is 0. The minimum absolute atomic E-state index is 0.942. The first-order valence-corrected chi connectivity index (χ1v) is 3.48. The molecule has 1 heterocycles. The van der Waals surface area contributed by atoms with Gasteiger partial charge in [-0.25, -0.2) is 0 Å². The lowest BCUT2D eigenvalue weighted by Gasteiger charge is -1.91. The highest BCUT2D eigenvalue weighted by atomic mass is 14.7. The molecular formula is C9H8N2. The van der Waals surface area contributed by atoms with Crippen molar-refractivity contribution in [1.82, 2.24) is 4.98 Å². The third kappa shape index (κ3) is 0.923. The Hall–Kier alpha value is -1.57. The van der Waals surface area contributed by atoms with Crippen LogP contribution in [0.4, 0.5) is 0 Å². The predicted octanol–water partition coefficient (Wildman–Crippen LogP) is 2.17. The van der Waals surface area contributed by atoms with Crippen LogP contribution in [-0.4, -0.2) is 11.2 Å². The molecule has 2 N–H and O–H groups in total. The monoisotopic (exact) mass is 144 g/mol. The van der Waals surface area contributed by atoms with E-state index in [2.05, 4.69) is 4.98 Å². The molecule has 0 aliphatic rings. The minimum atomic E-state index is 0.942. The van der Waals surface area contributed by atoms with Crippen molar-refractivity contribution in [3.8, 4) is 0 Å². The molecule has 1 aromatic carbocycles. The molecule has 0 aliphatic heterocycles. The number of benzene rings is 1. The van der Waals surface area contributed by atoms with E-state index >= 15 is 0 Å². The SMILES string of the molecule is N=Cc1ccc2[nH]ccc2c1. The third-order valence-corrected chi connectivity index (χ3v) is 1.74. The van der Waals surface area contributed by atoms with Gasteiger partial charge in [0.05, 0.1) is 0 Å². The van der Waals surface area contributed by atoms with Crippen molar-refractivity contribution in [2.75, 3.05) is 0 Å². The van der Waals surface area contributed by atoms with Gasteiger partial charge in [-0.05, 0) is 29.1 Å². The summed E-state index contributed by atoms with van der Waals surface area (Å²) in [5.74, 6) is 0. The molecular weight excluding hydrogens is 136 g/mol. The van der Waals surface area contributed by atoms with Crippen LogP contribution in [0.3, 0.4) is 0 Å². The molecule has 0 unspecified atom stereocenters.